The van der Waals surface area contributed by atoms with Gasteiger partial charge in [0.15, 0.2) is 0 Å². The van der Waals surface area contributed by atoms with E-state index in [0.717, 1.165) is 24.8 Å². The van der Waals surface area contributed by atoms with Crippen LogP contribution in [0.2, 0.25) is 0 Å². The predicted molar refractivity (Wildman–Crippen MR) is 103 cm³/mol. The summed E-state index contributed by atoms with van der Waals surface area (Å²) in [7, 11) is 0. The molecule has 1 aromatic heterocycles. The highest BCUT2D eigenvalue weighted by Crippen LogP contribution is 2.05. The molecule has 0 bridgehead atoms. The highest BCUT2D eigenvalue weighted by Gasteiger charge is 2.19. The number of carbonyl (C=O) groups excluding carboxylic acids is 3. The van der Waals surface area contributed by atoms with Crippen LogP contribution in [0.15, 0.2) is 18.3 Å². The molecule has 1 atom stereocenters. The van der Waals surface area contributed by atoms with E-state index in [1.807, 2.05) is 6.07 Å². The second-order valence-electron chi connectivity index (χ2n) is 6.39. The minimum atomic E-state index is -1.19. The average molecular weight is 392 g/mol. The highest BCUT2D eigenvalue weighted by atomic mass is 16.4. The minimum absolute atomic E-state index is 0.0125. The molecule has 0 aromatic carbocycles. The Hall–Kier alpha value is -2.97. The van der Waals surface area contributed by atoms with E-state index < -0.39 is 17.9 Å². The lowest BCUT2D eigenvalue weighted by Gasteiger charge is -2.13. The summed E-state index contributed by atoms with van der Waals surface area (Å²) < 4.78 is 0. The maximum atomic E-state index is 12.0. The summed E-state index contributed by atoms with van der Waals surface area (Å²) in [6.07, 6.45) is 4.74. The molecule has 0 saturated heterocycles. The normalized spacial score (nSPS) is 11.4. The Balaban J connectivity index is 2.28. The van der Waals surface area contributed by atoms with E-state index >= 15 is 0 Å². The third-order valence-corrected chi connectivity index (χ3v) is 3.94. The largest absolute Gasteiger partial charge is 0.480 e. The van der Waals surface area contributed by atoms with Crippen molar-refractivity contribution in [3.05, 3.63) is 29.6 Å². The van der Waals surface area contributed by atoms with Gasteiger partial charge in [-0.05, 0) is 30.9 Å². The molecular formula is C19H28N4O5. The number of carbonyl (C=O) groups is 4. The van der Waals surface area contributed by atoms with Gasteiger partial charge in [-0.3, -0.25) is 19.4 Å². The molecule has 0 spiro atoms. The quantitative estimate of drug-likeness (QED) is 0.385. The van der Waals surface area contributed by atoms with Crippen LogP contribution in [0.5, 0.6) is 0 Å². The van der Waals surface area contributed by atoms with Gasteiger partial charge in [0.25, 0.3) is 5.91 Å². The standard InChI is InChI=1S/C19H28N4O5/c1-3-4-5-14-6-7-15(22-12-14)18(26)21-11-10-20-17(25)9-8-16(19(27)28)23-13(2)24/h6-7,12,16H,3-5,8-11H2,1-2H3,(H,20,25)(H,21,26)(H,23,24)(H,27,28)/t16-/m0/s1. The van der Waals surface area contributed by atoms with Crippen LogP contribution in [-0.2, 0) is 20.8 Å². The number of nitrogens with one attached hydrogen (secondary N) is 3. The van der Waals surface area contributed by atoms with E-state index in [4.69, 9.17) is 5.11 Å². The molecule has 0 saturated carbocycles. The van der Waals surface area contributed by atoms with Crippen molar-refractivity contribution in [3.63, 3.8) is 0 Å². The zero-order valence-electron chi connectivity index (χ0n) is 16.3. The summed E-state index contributed by atoms with van der Waals surface area (Å²) in [5.41, 5.74) is 1.40. The predicted octanol–water partition coefficient (Wildman–Crippen LogP) is 0.640. The van der Waals surface area contributed by atoms with E-state index in [0.29, 0.717) is 5.69 Å². The van der Waals surface area contributed by atoms with Crippen molar-refractivity contribution < 1.29 is 24.3 Å². The van der Waals surface area contributed by atoms with E-state index in [1.165, 1.54) is 6.92 Å². The van der Waals surface area contributed by atoms with Crippen molar-refractivity contribution in [2.24, 2.45) is 0 Å². The van der Waals surface area contributed by atoms with E-state index in [1.54, 1.807) is 12.3 Å². The van der Waals surface area contributed by atoms with Crippen LogP contribution in [0, 0.1) is 0 Å². The van der Waals surface area contributed by atoms with Crippen LogP contribution in [0.4, 0.5) is 0 Å². The summed E-state index contributed by atoms with van der Waals surface area (Å²) in [6.45, 7) is 3.75. The zero-order valence-corrected chi connectivity index (χ0v) is 16.3. The number of aryl methyl sites for hydroxylation is 1. The van der Waals surface area contributed by atoms with Gasteiger partial charge in [-0.1, -0.05) is 19.4 Å². The molecule has 28 heavy (non-hydrogen) atoms. The number of carboxylic acids is 1. The molecule has 3 amide bonds. The fraction of sp³-hybridized carbons (Fsp3) is 0.526. The molecule has 0 aliphatic carbocycles. The first-order chi connectivity index (χ1) is 13.3. The summed E-state index contributed by atoms with van der Waals surface area (Å²) in [6, 6.07) is 2.45. The highest BCUT2D eigenvalue weighted by molar-refractivity contribution is 5.92. The van der Waals surface area contributed by atoms with Crippen molar-refractivity contribution in [1.29, 1.82) is 0 Å². The SMILES string of the molecule is CCCCc1ccc(C(=O)NCCNC(=O)CC[C@H](NC(C)=O)C(=O)O)nc1. The first-order valence-corrected chi connectivity index (χ1v) is 9.33. The van der Waals surface area contributed by atoms with Crippen LogP contribution in [-0.4, -0.2) is 52.9 Å². The Morgan fingerprint density at radius 1 is 1.14 bits per heavy atom. The number of rotatable bonds is 12. The number of unbranched alkanes of at least 4 members (excludes halogenated alkanes) is 1. The molecule has 0 radical (unpaired) electrons. The minimum Gasteiger partial charge on any atom is -0.480 e. The second kappa shape index (κ2) is 12.4. The topological polar surface area (TPSA) is 137 Å². The molecule has 0 aliphatic heterocycles. The smallest absolute Gasteiger partial charge is 0.326 e. The van der Waals surface area contributed by atoms with Gasteiger partial charge in [0.1, 0.15) is 11.7 Å². The van der Waals surface area contributed by atoms with Gasteiger partial charge in [0, 0.05) is 32.6 Å². The fourth-order valence-electron chi connectivity index (χ4n) is 2.42. The molecule has 0 unspecified atom stereocenters. The molecule has 9 nitrogen and oxygen atoms in total. The first-order valence-electron chi connectivity index (χ1n) is 9.33. The van der Waals surface area contributed by atoms with Crippen molar-refractivity contribution in [2.75, 3.05) is 13.1 Å². The Labute approximate surface area is 164 Å². The lowest BCUT2D eigenvalue weighted by atomic mass is 10.1. The van der Waals surface area contributed by atoms with Gasteiger partial charge in [-0.15, -0.1) is 0 Å². The average Bonchev–Trinajstić information content (AvgIpc) is 2.66. The third kappa shape index (κ3) is 9.11. The number of nitrogens with zero attached hydrogens (tertiary/aromatic N) is 1. The van der Waals surface area contributed by atoms with E-state index in [-0.39, 0.29) is 37.7 Å². The van der Waals surface area contributed by atoms with Gasteiger partial charge < -0.3 is 21.1 Å². The third-order valence-electron chi connectivity index (χ3n) is 3.94. The lowest BCUT2D eigenvalue weighted by molar-refractivity contribution is -0.141. The molecule has 1 heterocycles. The lowest BCUT2D eigenvalue weighted by Crippen LogP contribution is -2.41. The van der Waals surface area contributed by atoms with Gasteiger partial charge in [-0.25, -0.2) is 4.79 Å². The number of pyridine rings is 1. The van der Waals surface area contributed by atoms with Crippen LogP contribution in [0.1, 0.15) is 55.6 Å². The van der Waals surface area contributed by atoms with Gasteiger partial charge >= 0.3 is 5.97 Å². The van der Waals surface area contributed by atoms with Gasteiger partial charge in [-0.2, -0.15) is 0 Å². The Morgan fingerprint density at radius 3 is 2.43 bits per heavy atom. The van der Waals surface area contributed by atoms with Crippen molar-refractivity contribution in [2.45, 2.75) is 52.0 Å². The molecule has 9 heteroatoms. The van der Waals surface area contributed by atoms with Crippen LogP contribution in [0.25, 0.3) is 0 Å². The van der Waals surface area contributed by atoms with E-state index in [9.17, 15) is 19.2 Å². The maximum absolute atomic E-state index is 12.0. The summed E-state index contributed by atoms with van der Waals surface area (Å²) in [4.78, 5) is 49.8. The molecule has 0 aliphatic rings. The Morgan fingerprint density at radius 2 is 1.86 bits per heavy atom. The zero-order chi connectivity index (χ0) is 20.9. The number of amides is 3. The second-order valence-corrected chi connectivity index (χ2v) is 6.39. The summed E-state index contributed by atoms with van der Waals surface area (Å²) in [5, 5.41) is 16.5. The maximum Gasteiger partial charge on any atom is 0.326 e. The summed E-state index contributed by atoms with van der Waals surface area (Å²) in [5.74, 6) is -2.34. The van der Waals surface area contributed by atoms with Crippen molar-refractivity contribution >= 4 is 23.7 Å². The molecule has 154 valence electrons. The number of hydrogen-bond donors (Lipinski definition) is 4. The molecule has 1 aromatic rings. The van der Waals surface area contributed by atoms with E-state index in [2.05, 4.69) is 27.9 Å². The number of carboxylic acid groups (broad SMARTS) is 1. The molecule has 4 N–H and O–H groups in total. The monoisotopic (exact) mass is 392 g/mol. The Bertz CT molecular complexity index is 675. The Kier molecular flexibility index (Phi) is 10.2. The molecule has 0 fully saturated rings. The number of aromatic nitrogens is 1. The van der Waals surface area contributed by atoms with Gasteiger partial charge in [0.05, 0.1) is 0 Å². The first kappa shape index (κ1) is 23.1. The number of hydrogen-bond acceptors (Lipinski definition) is 5. The number of aliphatic carboxylic acids is 1. The van der Waals surface area contributed by atoms with Crippen LogP contribution >= 0.6 is 0 Å². The fourth-order valence-corrected chi connectivity index (χ4v) is 2.42. The summed E-state index contributed by atoms with van der Waals surface area (Å²) >= 11 is 0. The van der Waals surface area contributed by atoms with Crippen molar-refractivity contribution in [3.8, 4) is 0 Å². The molecule has 1 rings (SSSR count). The van der Waals surface area contributed by atoms with Gasteiger partial charge in [0.2, 0.25) is 11.8 Å². The van der Waals surface area contributed by atoms with Crippen LogP contribution in [0.3, 0.4) is 0 Å². The molecular weight excluding hydrogens is 364 g/mol. The van der Waals surface area contributed by atoms with Crippen LogP contribution < -0.4 is 16.0 Å². The van der Waals surface area contributed by atoms with Crippen molar-refractivity contribution in [1.82, 2.24) is 20.9 Å².